The van der Waals surface area contributed by atoms with Crippen LogP contribution in [0.3, 0.4) is 0 Å². The van der Waals surface area contributed by atoms with Crippen LogP contribution in [-0.4, -0.2) is 31.1 Å². The van der Waals surface area contributed by atoms with E-state index in [-0.39, 0.29) is 18.8 Å². The molecule has 2 heterocycles. The van der Waals surface area contributed by atoms with Crippen LogP contribution in [0.2, 0.25) is 0 Å². The van der Waals surface area contributed by atoms with Gasteiger partial charge in [0.05, 0.1) is 6.61 Å². The van der Waals surface area contributed by atoms with Crippen LogP contribution in [0.15, 0.2) is 16.7 Å². The largest absolute Gasteiger partial charge is 0.473 e. The van der Waals surface area contributed by atoms with E-state index >= 15 is 0 Å². The molecule has 4 nitrogen and oxygen atoms in total. The summed E-state index contributed by atoms with van der Waals surface area (Å²) >= 11 is 3.13. The first-order chi connectivity index (χ1) is 8.75. The second kappa shape index (κ2) is 7.01. The Balaban J connectivity index is 1.68. The summed E-state index contributed by atoms with van der Waals surface area (Å²) in [4.78, 5) is 3.83. The Hall–Kier alpha value is -0.720. The quantitative estimate of drug-likeness (QED) is 0.782. The standard InChI is InChI=1S/C12H15BrFNO3/c13-9-7-10(14)12(15-8-9)18-6-5-17-11-3-1-2-4-16-11/h7-8,11H,1-6H2. The van der Waals surface area contributed by atoms with E-state index in [4.69, 9.17) is 14.2 Å². The van der Waals surface area contributed by atoms with Crippen molar-refractivity contribution in [1.82, 2.24) is 4.98 Å². The predicted octanol–water partition coefficient (Wildman–Crippen LogP) is 2.91. The number of hydrogen-bond acceptors (Lipinski definition) is 4. The van der Waals surface area contributed by atoms with Crippen molar-refractivity contribution in [2.45, 2.75) is 25.6 Å². The summed E-state index contributed by atoms with van der Waals surface area (Å²) in [5.74, 6) is -0.496. The van der Waals surface area contributed by atoms with E-state index in [1.54, 1.807) is 0 Å². The van der Waals surface area contributed by atoms with Gasteiger partial charge in [-0.1, -0.05) is 0 Å². The summed E-state index contributed by atoms with van der Waals surface area (Å²) in [7, 11) is 0. The Morgan fingerprint density at radius 3 is 3.06 bits per heavy atom. The molecular weight excluding hydrogens is 305 g/mol. The molecule has 0 amide bonds. The first kappa shape index (κ1) is 13.7. The van der Waals surface area contributed by atoms with Gasteiger partial charge in [-0.05, 0) is 41.3 Å². The van der Waals surface area contributed by atoms with Gasteiger partial charge in [-0.3, -0.25) is 0 Å². The number of aromatic nitrogens is 1. The molecule has 2 rings (SSSR count). The zero-order valence-electron chi connectivity index (χ0n) is 9.90. The average Bonchev–Trinajstić information content (AvgIpc) is 2.38. The third-order valence-corrected chi connectivity index (χ3v) is 2.97. The van der Waals surface area contributed by atoms with Gasteiger partial charge in [-0.2, -0.15) is 0 Å². The molecule has 1 aliphatic rings. The molecule has 1 saturated heterocycles. The molecule has 0 spiro atoms. The SMILES string of the molecule is Fc1cc(Br)cnc1OCCOC1CCCCO1. The van der Waals surface area contributed by atoms with Crippen LogP contribution in [0.4, 0.5) is 4.39 Å². The molecule has 1 aromatic heterocycles. The molecule has 6 heteroatoms. The van der Waals surface area contributed by atoms with Crippen LogP contribution in [0.5, 0.6) is 5.88 Å². The number of nitrogens with zero attached hydrogens (tertiary/aromatic N) is 1. The topological polar surface area (TPSA) is 40.6 Å². The minimum atomic E-state index is -0.488. The second-order valence-corrected chi connectivity index (χ2v) is 4.87. The highest BCUT2D eigenvalue weighted by Crippen LogP contribution is 2.18. The fourth-order valence-electron chi connectivity index (χ4n) is 1.67. The van der Waals surface area contributed by atoms with Crippen molar-refractivity contribution in [3.63, 3.8) is 0 Å². The maximum absolute atomic E-state index is 13.3. The van der Waals surface area contributed by atoms with Crippen LogP contribution in [0, 0.1) is 5.82 Å². The first-order valence-corrected chi connectivity index (χ1v) is 6.72. The lowest BCUT2D eigenvalue weighted by molar-refractivity contribution is -0.165. The average molecular weight is 320 g/mol. The van der Waals surface area contributed by atoms with Gasteiger partial charge in [0.2, 0.25) is 0 Å². The lowest BCUT2D eigenvalue weighted by Crippen LogP contribution is -2.24. The fourth-order valence-corrected chi connectivity index (χ4v) is 1.97. The van der Waals surface area contributed by atoms with Crippen molar-refractivity contribution >= 4 is 15.9 Å². The van der Waals surface area contributed by atoms with Crippen molar-refractivity contribution in [2.24, 2.45) is 0 Å². The highest BCUT2D eigenvalue weighted by Gasteiger charge is 2.14. The molecule has 0 bridgehead atoms. The molecule has 0 radical (unpaired) electrons. The lowest BCUT2D eigenvalue weighted by atomic mass is 10.2. The van der Waals surface area contributed by atoms with Crippen molar-refractivity contribution < 1.29 is 18.6 Å². The highest BCUT2D eigenvalue weighted by molar-refractivity contribution is 9.10. The van der Waals surface area contributed by atoms with Gasteiger partial charge >= 0.3 is 0 Å². The normalized spacial score (nSPS) is 19.8. The zero-order chi connectivity index (χ0) is 12.8. The summed E-state index contributed by atoms with van der Waals surface area (Å²) in [6.07, 6.45) is 4.46. The highest BCUT2D eigenvalue weighted by atomic mass is 79.9. The molecular formula is C12H15BrFNO3. The van der Waals surface area contributed by atoms with Crippen LogP contribution in [0.25, 0.3) is 0 Å². The molecule has 1 aliphatic heterocycles. The number of hydrogen-bond donors (Lipinski definition) is 0. The lowest BCUT2D eigenvalue weighted by Gasteiger charge is -2.22. The molecule has 100 valence electrons. The fraction of sp³-hybridized carbons (Fsp3) is 0.583. The van der Waals surface area contributed by atoms with Crippen LogP contribution >= 0.6 is 15.9 Å². The van der Waals surface area contributed by atoms with E-state index in [1.807, 2.05) is 0 Å². The summed E-state index contributed by atoms with van der Waals surface area (Å²) < 4.78 is 30.0. The Bertz CT molecular complexity index is 386. The van der Waals surface area contributed by atoms with E-state index in [1.165, 1.54) is 12.3 Å². The van der Waals surface area contributed by atoms with Gasteiger partial charge in [-0.15, -0.1) is 0 Å². The number of ether oxygens (including phenoxy) is 3. The number of halogens is 2. The van der Waals surface area contributed by atoms with Crippen molar-refractivity contribution in [3.05, 3.63) is 22.6 Å². The van der Waals surface area contributed by atoms with Crippen LogP contribution in [-0.2, 0) is 9.47 Å². The smallest absolute Gasteiger partial charge is 0.250 e. The Morgan fingerprint density at radius 1 is 1.44 bits per heavy atom. The van der Waals surface area contributed by atoms with E-state index in [9.17, 15) is 4.39 Å². The summed E-state index contributed by atoms with van der Waals surface area (Å²) in [6, 6.07) is 1.31. The molecule has 1 atom stereocenters. The van der Waals surface area contributed by atoms with Gasteiger partial charge in [0, 0.05) is 17.3 Å². The zero-order valence-corrected chi connectivity index (χ0v) is 11.5. The Labute approximate surface area is 114 Å². The van der Waals surface area contributed by atoms with Crippen molar-refractivity contribution in [2.75, 3.05) is 19.8 Å². The first-order valence-electron chi connectivity index (χ1n) is 5.93. The minimum Gasteiger partial charge on any atom is -0.473 e. The van der Waals surface area contributed by atoms with Gasteiger partial charge in [0.15, 0.2) is 12.1 Å². The molecule has 1 fully saturated rings. The van der Waals surface area contributed by atoms with Gasteiger partial charge in [0.25, 0.3) is 5.88 Å². The van der Waals surface area contributed by atoms with Gasteiger partial charge in [0.1, 0.15) is 6.61 Å². The van der Waals surface area contributed by atoms with Gasteiger partial charge in [-0.25, -0.2) is 9.37 Å². The molecule has 0 aromatic carbocycles. The molecule has 0 saturated carbocycles. The van der Waals surface area contributed by atoms with Crippen LogP contribution in [0.1, 0.15) is 19.3 Å². The summed E-state index contributed by atoms with van der Waals surface area (Å²) in [6.45, 7) is 1.36. The maximum atomic E-state index is 13.3. The number of pyridine rings is 1. The van der Waals surface area contributed by atoms with E-state index in [0.717, 1.165) is 25.9 Å². The maximum Gasteiger partial charge on any atom is 0.250 e. The second-order valence-electron chi connectivity index (χ2n) is 3.96. The molecule has 0 N–H and O–H groups in total. The molecule has 18 heavy (non-hydrogen) atoms. The van der Waals surface area contributed by atoms with Gasteiger partial charge < -0.3 is 14.2 Å². The molecule has 1 unspecified atom stereocenters. The molecule has 0 aliphatic carbocycles. The Morgan fingerprint density at radius 2 is 2.33 bits per heavy atom. The third kappa shape index (κ3) is 4.19. The van der Waals surface area contributed by atoms with E-state index in [2.05, 4.69) is 20.9 Å². The number of rotatable bonds is 5. The van der Waals surface area contributed by atoms with Crippen molar-refractivity contribution in [1.29, 1.82) is 0 Å². The molecule has 1 aromatic rings. The van der Waals surface area contributed by atoms with E-state index < -0.39 is 5.82 Å². The predicted molar refractivity (Wildman–Crippen MR) is 66.9 cm³/mol. The summed E-state index contributed by atoms with van der Waals surface area (Å²) in [5, 5.41) is 0. The monoisotopic (exact) mass is 319 g/mol. The third-order valence-electron chi connectivity index (χ3n) is 2.54. The van der Waals surface area contributed by atoms with Crippen LogP contribution < -0.4 is 4.74 Å². The van der Waals surface area contributed by atoms with Crippen molar-refractivity contribution in [3.8, 4) is 5.88 Å². The van der Waals surface area contributed by atoms with E-state index in [0.29, 0.717) is 11.1 Å². The Kier molecular flexibility index (Phi) is 5.34. The summed E-state index contributed by atoms with van der Waals surface area (Å²) in [5.41, 5.74) is 0. The minimum absolute atomic E-state index is 0.00800.